The average molecular weight is 341 g/mol. The number of carboxylic acid groups (broad SMARTS) is 1. The smallest absolute Gasteiger partial charge is 0.315 e. The predicted octanol–water partition coefficient (Wildman–Crippen LogP) is 3.11. The van der Waals surface area contributed by atoms with Crippen LogP contribution in [0, 0.1) is 5.41 Å². The molecule has 24 heavy (non-hydrogen) atoms. The van der Waals surface area contributed by atoms with Gasteiger partial charge in [0.15, 0.2) is 0 Å². The molecular formula is C18H13ClN2O3. The molecular weight excluding hydrogens is 328 g/mol. The summed E-state index contributed by atoms with van der Waals surface area (Å²) in [4.78, 5) is 28.2. The number of rotatable bonds is 3. The second-order valence-electron chi connectivity index (χ2n) is 6.03. The highest BCUT2D eigenvalue weighted by atomic mass is 35.5. The van der Waals surface area contributed by atoms with Crippen LogP contribution < -0.4 is 5.56 Å². The standard InChI is InChI=1S/C18H13ClN2O3/c19-12-3-1-2-11(8-12)4-5-13-9-16(22)21-14-10-18(14,17(23)24)7-6-15(21)20-13/h1-9,14H,10H2,(H,23,24)/b5-4+. The van der Waals surface area contributed by atoms with E-state index in [1.54, 1.807) is 24.3 Å². The first kappa shape index (κ1) is 14.9. The van der Waals surface area contributed by atoms with Gasteiger partial charge in [-0.05, 0) is 36.3 Å². The number of hydrogen-bond acceptors (Lipinski definition) is 3. The van der Waals surface area contributed by atoms with Crippen molar-refractivity contribution in [3.63, 3.8) is 0 Å². The third kappa shape index (κ3) is 2.29. The first-order chi connectivity index (χ1) is 11.5. The molecule has 1 saturated carbocycles. The summed E-state index contributed by atoms with van der Waals surface area (Å²) in [6.07, 6.45) is 7.27. The lowest BCUT2D eigenvalue weighted by molar-refractivity contribution is -0.141. The largest absolute Gasteiger partial charge is 0.481 e. The van der Waals surface area contributed by atoms with Gasteiger partial charge in [0.2, 0.25) is 0 Å². The zero-order valence-electron chi connectivity index (χ0n) is 12.5. The van der Waals surface area contributed by atoms with Crippen LogP contribution in [-0.4, -0.2) is 20.6 Å². The molecule has 2 atom stereocenters. The Balaban J connectivity index is 1.69. The lowest BCUT2D eigenvalue weighted by Gasteiger charge is -2.17. The summed E-state index contributed by atoms with van der Waals surface area (Å²) in [5.74, 6) is -0.404. The van der Waals surface area contributed by atoms with Crippen LogP contribution in [-0.2, 0) is 4.79 Å². The predicted molar refractivity (Wildman–Crippen MR) is 91.6 cm³/mol. The highest BCUT2D eigenvalue weighted by Crippen LogP contribution is 2.59. The first-order valence-electron chi connectivity index (χ1n) is 7.49. The molecule has 0 radical (unpaired) electrons. The van der Waals surface area contributed by atoms with Gasteiger partial charge in [-0.15, -0.1) is 0 Å². The number of nitrogens with zero attached hydrogens (tertiary/aromatic N) is 2. The Bertz CT molecular complexity index is 976. The molecule has 0 bridgehead atoms. The molecule has 120 valence electrons. The second-order valence-corrected chi connectivity index (χ2v) is 6.47. The lowest BCUT2D eigenvalue weighted by Crippen LogP contribution is -2.29. The van der Waals surface area contributed by atoms with E-state index < -0.39 is 11.4 Å². The maximum absolute atomic E-state index is 12.4. The van der Waals surface area contributed by atoms with Gasteiger partial charge in [0.25, 0.3) is 5.56 Å². The number of hydrogen-bond donors (Lipinski definition) is 1. The fraction of sp³-hybridized carbons (Fsp3) is 0.167. The zero-order chi connectivity index (χ0) is 16.9. The van der Waals surface area contributed by atoms with Gasteiger partial charge < -0.3 is 5.11 Å². The van der Waals surface area contributed by atoms with E-state index in [1.807, 2.05) is 24.3 Å². The van der Waals surface area contributed by atoms with Gasteiger partial charge in [0.1, 0.15) is 11.2 Å². The van der Waals surface area contributed by atoms with Crippen molar-refractivity contribution in [2.75, 3.05) is 0 Å². The monoisotopic (exact) mass is 340 g/mol. The van der Waals surface area contributed by atoms with Crippen LogP contribution in [0.1, 0.15) is 29.5 Å². The summed E-state index contributed by atoms with van der Waals surface area (Å²) in [5.41, 5.74) is 0.267. The van der Waals surface area contributed by atoms with E-state index in [4.69, 9.17) is 11.6 Å². The SMILES string of the molecule is O=C(O)C12C=Cc3nc(/C=C/c4cccc(Cl)c4)cc(=O)n3C1C2. The summed E-state index contributed by atoms with van der Waals surface area (Å²) in [7, 11) is 0. The van der Waals surface area contributed by atoms with Crippen molar-refractivity contribution in [2.24, 2.45) is 5.41 Å². The normalized spacial score (nSPS) is 23.8. The Hall–Kier alpha value is -2.66. The Morgan fingerprint density at radius 1 is 1.38 bits per heavy atom. The molecule has 0 saturated heterocycles. The lowest BCUT2D eigenvalue weighted by atomic mass is 10.0. The first-order valence-corrected chi connectivity index (χ1v) is 7.87. The molecule has 1 aliphatic heterocycles. The number of aliphatic carboxylic acids is 1. The van der Waals surface area contributed by atoms with E-state index in [1.165, 1.54) is 10.6 Å². The summed E-state index contributed by atoms with van der Waals surface area (Å²) < 4.78 is 1.48. The zero-order valence-corrected chi connectivity index (χ0v) is 13.3. The van der Waals surface area contributed by atoms with Gasteiger partial charge in [0, 0.05) is 11.1 Å². The minimum atomic E-state index is -0.934. The quantitative estimate of drug-likeness (QED) is 0.931. The third-order valence-electron chi connectivity index (χ3n) is 4.50. The number of carboxylic acids is 1. The number of halogens is 1. The van der Waals surface area contributed by atoms with Crippen LogP contribution in [0.2, 0.25) is 5.02 Å². The van der Waals surface area contributed by atoms with Gasteiger partial charge in [0.05, 0.1) is 11.7 Å². The van der Waals surface area contributed by atoms with Crippen molar-refractivity contribution < 1.29 is 9.90 Å². The van der Waals surface area contributed by atoms with E-state index in [0.29, 0.717) is 23.0 Å². The summed E-state index contributed by atoms with van der Waals surface area (Å²) in [6.45, 7) is 0. The van der Waals surface area contributed by atoms with Crippen molar-refractivity contribution in [3.8, 4) is 0 Å². The molecule has 0 spiro atoms. The second kappa shape index (κ2) is 5.18. The van der Waals surface area contributed by atoms with Gasteiger partial charge in [-0.1, -0.05) is 35.9 Å². The van der Waals surface area contributed by atoms with Crippen molar-refractivity contribution in [1.29, 1.82) is 0 Å². The average Bonchev–Trinajstić information content (AvgIpc) is 3.29. The minimum absolute atomic E-state index is 0.233. The fourth-order valence-corrected chi connectivity index (χ4v) is 3.32. The minimum Gasteiger partial charge on any atom is -0.481 e. The molecule has 1 N–H and O–H groups in total. The molecule has 2 heterocycles. The molecule has 1 aliphatic carbocycles. The van der Waals surface area contributed by atoms with Crippen LogP contribution in [0.5, 0.6) is 0 Å². The molecule has 1 aromatic heterocycles. The maximum Gasteiger partial charge on any atom is 0.315 e. The van der Waals surface area contributed by atoms with Crippen LogP contribution >= 0.6 is 11.6 Å². The van der Waals surface area contributed by atoms with Crippen molar-refractivity contribution in [2.45, 2.75) is 12.5 Å². The molecule has 1 aromatic carbocycles. The van der Waals surface area contributed by atoms with E-state index in [0.717, 1.165) is 5.56 Å². The Morgan fingerprint density at radius 2 is 2.21 bits per heavy atom. The van der Waals surface area contributed by atoms with Crippen LogP contribution in [0.25, 0.3) is 18.2 Å². The Morgan fingerprint density at radius 3 is 2.96 bits per heavy atom. The summed E-state index contributed by atoms with van der Waals surface area (Å²) >= 11 is 5.95. The molecule has 0 amide bonds. The Kier molecular flexibility index (Phi) is 3.21. The molecule has 5 nitrogen and oxygen atoms in total. The highest BCUT2D eigenvalue weighted by Gasteiger charge is 2.62. The fourth-order valence-electron chi connectivity index (χ4n) is 3.12. The number of benzene rings is 1. The topological polar surface area (TPSA) is 72.2 Å². The van der Waals surface area contributed by atoms with Crippen molar-refractivity contribution >= 4 is 35.8 Å². The number of carbonyl (C=O) groups is 1. The molecule has 2 unspecified atom stereocenters. The van der Waals surface area contributed by atoms with E-state index in [2.05, 4.69) is 4.98 Å². The molecule has 1 fully saturated rings. The number of fused-ring (bicyclic) bond motifs is 3. The van der Waals surface area contributed by atoms with Crippen molar-refractivity contribution in [1.82, 2.24) is 9.55 Å². The van der Waals surface area contributed by atoms with E-state index in [-0.39, 0.29) is 11.6 Å². The third-order valence-corrected chi connectivity index (χ3v) is 4.73. The summed E-state index contributed by atoms with van der Waals surface area (Å²) in [6, 6.07) is 8.44. The van der Waals surface area contributed by atoms with E-state index in [9.17, 15) is 14.7 Å². The molecule has 2 aliphatic rings. The molecule has 6 heteroatoms. The van der Waals surface area contributed by atoms with Crippen LogP contribution in [0.4, 0.5) is 0 Å². The van der Waals surface area contributed by atoms with Crippen molar-refractivity contribution in [3.05, 3.63) is 68.9 Å². The molecule has 2 aromatic rings. The van der Waals surface area contributed by atoms with Gasteiger partial charge >= 0.3 is 5.97 Å². The Labute approximate surface area is 142 Å². The van der Waals surface area contributed by atoms with E-state index >= 15 is 0 Å². The maximum atomic E-state index is 12.4. The number of aromatic nitrogens is 2. The van der Waals surface area contributed by atoms with Crippen LogP contribution in [0.3, 0.4) is 0 Å². The van der Waals surface area contributed by atoms with Gasteiger partial charge in [-0.3, -0.25) is 14.2 Å². The highest BCUT2D eigenvalue weighted by molar-refractivity contribution is 6.30. The van der Waals surface area contributed by atoms with Crippen LogP contribution in [0.15, 0.2) is 41.2 Å². The van der Waals surface area contributed by atoms with Gasteiger partial charge in [-0.2, -0.15) is 0 Å². The molecule has 4 rings (SSSR count). The summed E-state index contributed by atoms with van der Waals surface area (Å²) in [5, 5.41) is 9.97. The van der Waals surface area contributed by atoms with Gasteiger partial charge in [-0.25, -0.2) is 4.98 Å².